The maximum absolute atomic E-state index is 13.1. The van der Waals surface area contributed by atoms with Gasteiger partial charge in [0, 0.05) is 32.2 Å². The minimum absolute atomic E-state index is 0.0107. The quantitative estimate of drug-likeness (QED) is 0.346. The number of nitrogens with zero attached hydrogens (tertiary/aromatic N) is 3. The highest BCUT2D eigenvalue weighted by atomic mass is 16.5. The molecule has 1 aromatic rings. The molecule has 1 saturated heterocycles. The van der Waals surface area contributed by atoms with Crippen LogP contribution in [0, 0.1) is 5.92 Å². The van der Waals surface area contributed by atoms with Crippen molar-refractivity contribution in [3.8, 4) is 0 Å². The standard InChI is InChI=1S/C24H42N6O5/c1-5-7-12-30-21(25)20(23(33)27-24(30)34)29(6-2)19(31)16-28-13-9-18(10-14-28)22(32)26-11-8-15-35-17(3)4/h17-18H,5-16,25H2,1-4H3,(H,26,32)(H,27,33,34). The van der Waals surface area contributed by atoms with E-state index in [0.717, 1.165) is 19.3 Å². The summed E-state index contributed by atoms with van der Waals surface area (Å²) in [6, 6.07) is 0. The summed E-state index contributed by atoms with van der Waals surface area (Å²) < 4.78 is 6.80. The second-order valence-corrected chi connectivity index (χ2v) is 9.25. The van der Waals surface area contributed by atoms with Crippen LogP contribution in [0.15, 0.2) is 9.59 Å². The van der Waals surface area contributed by atoms with Crippen LogP contribution in [0.3, 0.4) is 0 Å². The highest BCUT2D eigenvalue weighted by Crippen LogP contribution is 2.20. The van der Waals surface area contributed by atoms with Gasteiger partial charge in [0.15, 0.2) is 5.69 Å². The van der Waals surface area contributed by atoms with E-state index in [1.165, 1.54) is 9.47 Å². The third-order valence-electron chi connectivity index (χ3n) is 6.23. The van der Waals surface area contributed by atoms with Crippen molar-refractivity contribution in [2.24, 2.45) is 5.92 Å². The highest BCUT2D eigenvalue weighted by Gasteiger charge is 2.28. The molecule has 1 aromatic heterocycles. The number of hydrogen-bond donors (Lipinski definition) is 3. The molecule has 0 unspecified atom stereocenters. The largest absolute Gasteiger partial charge is 0.383 e. The van der Waals surface area contributed by atoms with Crippen LogP contribution in [0.4, 0.5) is 11.5 Å². The predicted molar refractivity (Wildman–Crippen MR) is 137 cm³/mol. The number of nitrogens with two attached hydrogens (primary N) is 1. The molecule has 0 saturated carbocycles. The molecule has 11 nitrogen and oxygen atoms in total. The Morgan fingerprint density at radius 3 is 2.49 bits per heavy atom. The van der Waals surface area contributed by atoms with E-state index in [0.29, 0.717) is 45.6 Å². The van der Waals surface area contributed by atoms with Crippen molar-refractivity contribution in [1.29, 1.82) is 0 Å². The Morgan fingerprint density at radius 2 is 1.89 bits per heavy atom. The van der Waals surface area contributed by atoms with E-state index in [9.17, 15) is 19.2 Å². The Labute approximate surface area is 207 Å². The number of H-pyrrole nitrogens is 1. The third-order valence-corrected chi connectivity index (χ3v) is 6.23. The number of carbonyl (C=O) groups excluding carboxylic acids is 2. The molecule has 0 bridgehead atoms. The Kier molecular flexibility index (Phi) is 11.5. The summed E-state index contributed by atoms with van der Waals surface area (Å²) in [5.41, 5.74) is 4.97. The number of hydrogen-bond acceptors (Lipinski definition) is 7. The van der Waals surface area contributed by atoms with Gasteiger partial charge in [0.25, 0.3) is 5.56 Å². The SMILES string of the molecule is CCCCn1c(N)c(N(CC)C(=O)CN2CCC(C(=O)NCCCOC(C)C)CC2)c(=O)[nH]c1=O. The number of ether oxygens (including phenoxy) is 1. The average Bonchev–Trinajstić information content (AvgIpc) is 2.81. The van der Waals surface area contributed by atoms with Crippen LogP contribution in [0.5, 0.6) is 0 Å². The van der Waals surface area contributed by atoms with Gasteiger partial charge in [0.1, 0.15) is 5.82 Å². The van der Waals surface area contributed by atoms with Gasteiger partial charge in [-0.3, -0.25) is 28.8 Å². The smallest absolute Gasteiger partial charge is 0.330 e. The number of anilines is 2. The van der Waals surface area contributed by atoms with E-state index in [4.69, 9.17) is 10.5 Å². The van der Waals surface area contributed by atoms with Gasteiger partial charge in [-0.15, -0.1) is 0 Å². The van der Waals surface area contributed by atoms with Gasteiger partial charge in [-0.1, -0.05) is 13.3 Å². The van der Waals surface area contributed by atoms with Gasteiger partial charge in [-0.05, 0) is 59.5 Å². The summed E-state index contributed by atoms with van der Waals surface area (Å²) in [4.78, 5) is 55.9. The zero-order valence-electron chi connectivity index (χ0n) is 21.6. The molecule has 0 aliphatic carbocycles. The lowest BCUT2D eigenvalue weighted by molar-refractivity contribution is -0.126. The normalized spacial score (nSPS) is 14.9. The molecule has 11 heteroatoms. The first-order valence-electron chi connectivity index (χ1n) is 12.7. The van der Waals surface area contributed by atoms with Gasteiger partial charge in [-0.2, -0.15) is 0 Å². The van der Waals surface area contributed by atoms with Crippen LogP contribution in [0.1, 0.15) is 59.8 Å². The molecule has 198 valence electrons. The number of piperidine rings is 1. The number of likely N-dealkylation sites (N-methyl/N-ethyl adjacent to an activating group) is 1. The molecular formula is C24H42N6O5. The molecular weight excluding hydrogens is 452 g/mol. The topological polar surface area (TPSA) is 143 Å². The van der Waals surface area contributed by atoms with Crippen LogP contribution in [0.25, 0.3) is 0 Å². The Morgan fingerprint density at radius 1 is 1.20 bits per heavy atom. The second-order valence-electron chi connectivity index (χ2n) is 9.25. The Balaban J connectivity index is 1.93. The zero-order chi connectivity index (χ0) is 26.0. The molecule has 2 heterocycles. The molecule has 2 amide bonds. The number of amides is 2. The summed E-state index contributed by atoms with van der Waals surface area (Å²) >= 11 is 0. The molecule has 1 aliphatic rings. The fourth-order valence-electron chi connectivity index (χ4n) is 4.21. The molecule has 35 heavy (non-hydrogen) atoms. The van der Waals surface area contributed by atoms with Crippen LogP contribution in [0.2, 0.25) is 0 Å². The minimum atomic E-state index is -0.662. The van der Waals surface area contributed by atoms with Gasteiger partial charge < -0.3 is 20.7 Å². The molecule has 0 spiro atoms. The second kappa shape index (κ2) is 14.0. The molecule has 0 radical (unpaired) electrons. The predicted octanol–water partition coefficient (Wildman–Crippen LogP) is 0.915. The van der Waals surface area contributed by atoms with Crippen molar-refractivity contribution in [3.05, 3.63) is 20.8 Å². The fourth-order valence-corrected chi connectivity index (χ4v) is 4.21. The first-order valence-corrected chi connectivity index (χ1v) is 12.7. The molecule has 4 N–H and O–H groups in total. The van der Waals surface area contributed by atoms with E-state index in [-0.39, 0.29) is 48.4 Å². The van der Waals surface area contributed by atoms with E-state index < -0.39 is 11.2 Å². The number of likely N-dealkylation sites (tertiary alicyclic amines) is 1. The first-order chi connectivity index (χ1) is 16.7. The van der Waals surface area contributed by atoms with Crippen molar-refractivity contribution in [2.45, 2.75) is 72.4 Å². The monoisotopic (exact) mass is 494 g/mol. The van der Waals surface area contributed by atoms with Crippen molar-refractivity contribution in [2.75, 3.05) is 50.0 Å². The molecule has 0 atom stereocenters. The number of carbonyl (C=O) groups is 2. The highest BCUT2D eigenvalue weighted by molar-refractivity contribution is 5.96. The van der Waals surface area contributed by atoms with Crippen LogP contribution >= 0.6 is 0 Å². The number of nitrogen functional groups attached to an aromatic ring is 1. The molecule has 0 aromatic carbocycles. The number of rotatable bonds is 13. The zero-order valence-corrected chi connectivity index (χ0v) is 21.6. The minimum Gasteiger partial charge on any atom is -0.383 e. The number of nitrogens with one attached hydrogen (secondary N) is 2. The first kappa shape index (κ1) is 28.6. The van der Waals surface area contributed by atoms with Crippen molar-refractivity contribution in [3.63, 3.8) is 0 Å². The van der Waals surface area contributed by atoms with Crippen molar-refractivity contribution < 1.29 is 14.3 Å². The van der Waals surface area contributed by atoms with Gasteiger partial charge in [0.2, 0.25) is 11.8 Å². The van der Waals surface area contributed by atoms with E-state index in [1.54, 1.807) is 6.92 Å². The maximum atomic E-state index is 13.1. The van der Waals surface area contributed by atoms with Crippen LogP contribution in [-0.4, -0.2) is 71.7 Å². The summed E-state index contributed by atoms with van der Waals surface area (Å²) in [5, 5.41) is 2.97. The summed E-state index contributed by atoms with van der Waals surface area (Å²) in [6.07, 6.45) is 3.87. The van der Waals surface area contributed by atoms with Gasteiger partial charge in [0.05, 0.1) is 12.6 Å². The Hall–Kier alpha value is -2.66. The lowest BCUT2D eigenvalue weighted by atomic mass is 9.96. The molecule has 1 aliphatic heterocycles. The average molecular weight is 495 g/mol. The Bertz CT molecular complexity index is 949. The van der Waals surface area contributed by atoms with E-state index in [2.05, 4.69) is 10.3 Å². The molecule has 1 fully saturated rings. The lowest BCUT2D eigenvalue weighted by Gasteiger charge is -2.32. The number of unbranched alkanes of at least 4 members (excludes halogenated alkanes) is 1. The fraction of sp³-hybridized carbons (Fsp3) is 0.750. The molecule has 2 rings (SSSR count). The van der Waals surface area contributed by atoms with Crippen molar-refractivity contribution >= 4 is 23.3 Å². The summed E-state index contributed by atoms with van der Waals surface area (Å²) in [5.74, 6) is -0.283. The number of aromatic nitrogens is 2. The van der Waals surface area contributed by atoms with Gasteiger partial charge in [-0.25, -0.2) is 4.79 Å². The number of aromatic amines is 1. The van der Waals surface area contributed by atoms with Gasteiger partial charge >= 0.3 is 5.69 Å². The van der Waals surface area contributed by atoms with Crippen molar-refractivity contribution in [1.82, 2.24) is 19.8 Å². The van der Waals surface area contributed by atoms with E-state index >= 15 is 0 Å². The maximum Gasteiger partial charge on any atom is 0.330 e. The summed E-state index contributed by atoms with van der Waals surface area (Å²) in [7, 11) is 0. The summed E-state index contributed by atoms with van der Waals surface area (Å²) in [6.45, 7) is 10.9. The third kappa shape index (κ3) is 8.21. The van der Waals surface area contributed by atoms with Crippen LogP contribution in [-0.2, 0) is 20.9 Å². The van der Waals surface area contributed by atoms with E-state index in [1.807, 2.05) is 25.7 Å². The lowest BCUT2D eigenvalue weighted by Crippen LogP contribution is -2.47. The van der Waals surface area contributed by atoms with Crippen LogP contribution < -0.4 is 27.2 Å².